The van der Waals surface area contributed by atoms with Crippen LogP contribution in [-0.2, 0) is 11.3 Å². The molecule has 0 saturated heterocycles. The van der Waals surface area contributed by atoms with Crippen molar-refractivity contribution in [3.05, 3.63) is 78.1 Å². The van der Waals surface area contributed by atoms with Crippen LogP contribution >= 0.6 is 0 Å². The van der Waals surface area contributed by atoms with Gasteiger partial charge in [-0.15, -0.1) is 0 Å². The molecule has 1 heterocycles. The van der Waals surface area contributed by atoms with Gasteiger partial charge in [-0.25, -0.2) is 9.97 Å². The molecule has 2 aromatic carbocycles. The first kappa shape index (κ1) is 20.3. The van der Waals surface area contributed by atoms with Crippen molar-refractivity contribution in [1.29, 1.82) is 0 Å². The van der Waals surface area contributed by atoms with E-state index in [-0.39, 0.29) is 5.91 Å². The SMILES string of the molecule is COCCCNc1ncc(C(=O)Nc2ccc(OCc3ccccc3)cc2)cn1. The number of aromatic nitrogens is 2. The number of benzene rings is 2. The van der Waals surface area contributed by atoms with Crippen LogP contribution < -0.4 is 15.4 Å². The molecule has 0 unspecified atom stereocenters. The van der Waals surface area contributed by atoms with E-state index >= 15 is 0 Å². The summed E-state index contributed by atoms with van der Waals surface area (Å²) in [7, 11) is 1.66. The van der Waals surface area contributed by atoms with E-state index in [1.54, 1.807) is 19.2 Å². The number of rotatable bonds is 10. The summed E-state index contributed by atoms with van der Waals surface area (Å²) in [6.07, 6.45) is 3.85. The van der Waals surface area contributed by atoms with Crippen molar-refractivity contribution in [3.8, 4) is 5.75 Å². The molecule has 7 nitrogen and oxygen atoms in total. The second-order valence-corrected chi connectivity index (χ2v) is 6.32. The summed E-state index contributed by atoms with van der Waals surface area (Å²) in [6.45, 7) is 1.87. The smallest absolute Gasteiger partial charge is 0.258 e. The molecule has 3 rings (SSSR count). The fourth-order valence-electron chi connectivity index (χ4n) is 2.53. The second kappa shape index (κ2) is 10.8. The highest BCUT2D eigenvalue weighted by molar-refractivity contribution is 6.03. The molecule has 0 atom stereocenters. The Morgan fingerprint density at radius 3 is 2.41 bits per heavy atom. The topological polar surface area (TPSA) is 85.4 Å². The first-order valence-corrected chi connectivity index (χ1v) is 9.37. The first-order valence-electron chi connectivity index (χ1n) is 9.37. The van der Waals surface area contributed by atoms with Crippen molar-refractivity contribution in [2.45, 2.75) is 13.0 Å². The summed E-state index contributed by atoms with van der Waals surface area (Å²) in [5.41, 5.74) is 2.15. The van der Waals surface area contributed by atoms with Gasteiger partial charge in [-0.2, -0.15) is 0 Å². The molecular weight excluding hydrogens is 368 g/mol. The third kappa shape index (κ3) is 6.58. The molecule has 7 heteroatoms. The highest BCUT2D eigenvalue weighted by atomic mass is 16.5. The third-order valence-electron chi connectivity index (χ3n) is 4.08. The van der Waals surface area contributed by atoms with Gasteiger partial charge in [0.15, 0.2) is 0 Å². The van der Waals surface area contributed by atoms with E-state index in [2.05, 4.69) is 20.6 Å². The number of hydrogen-bond donors (Lipinski definition) is 2. The molecule has 0 bridgehead atoms. The van der Waals surface area contributed by atoms with Crippen LogP contribution in [0, 0.1) is 0 Å². The summed E-state index contributed by atoms with van der Waals surface area (Å²) < 4.78 is 10.7. The van der Waals surface area contributed by atoms with Gasteiger partial charge in [-0.05, 0) is 36.2 Å². The molecule has 2 N–H and O–H groups in total. The predicted molar refractivity (Wildman–Crippen MR) is 112 cm³/mol. The number of methoxy groups -OCH3 is 1. The lowest BCUT2D eigenvalue weighted by Gasteiger charge is -2.09. The molecule has 3 aromatic rings. The van der Waals surface area contributed by atoms with E-state index in [1.807, 2.05) is 42.5 Å². The van der Waals surface area contributed by atoms with Gasteiger partial charge in [-0.3, -0.25) is 4.79 Å². The monoisotopic (exact) mass is 392 g/mol. The van der Waals surface area contributed by atoms with Crippen molar-refractivity contribution in [1.82, 2.24) is 9.97 Å². The van der Waals surface area contributed by atoms with Crippen LogP contribution in [0.4, 0.5) is 11.6 Å². The van der Waals surface area contributed by atoms with Crippen molar-refractivity contribution in [2.24, 2.45) is 0 Å². The highest BCUT2D eigenvalue weighted by Crippen LogP contribution is 2.17. The van der Waals surface area contributed by atoms with E-state index in [4.69, 9.17) is 9.47 Å². The molecule has 0 fully saturated rings. The van der Waals surface area contributed by atoms with E-state index < -0.39 is 0 Å². The first-order chi connectivity index (χ1) is 14.2. The second-order valence-electron chi connectivity index (χ2n) is 6.32. The van der Waals surface area contributed by atoms with Gasteiger partial charge in [0.05, 0.1) is 5.56 Å². The minimum atomic E-state index is -0.270. The van der Waals surface area contributed by atoms with Gasteiger partial charge in [-0.1, -0.05) is 30.3 Å². The Morgan fingerprint density at radius 2 is 1.72 bits per heavy atom. The summed E-state index contributed by atoms with van der Waals surface area (Å²) in [5.74, 6) is 0.950. The quantitative estimate of drug-likeness (QED) is 0.511. The Balaban J connectivity index is 1.48. The Bertz CT molecular complexity index is 884. The third-order valence-corrected chi connectivity index (χ3v) is 4.08. The van der Waals surface area contributed by atoms with E-state index in [0.29, 0.717) is 37.0 Å². The number of nitrogens with zero attached hydrogens (tertiary/aromatic N) is 2. The summed E-state index contributed by atoms with van der Waals surface area (Å²) in [5, 5.41) is 5.90. The van der Waals surface area contributed by atoms with Crippen LogP contribution in [0.3, 0.4) is 0 Å². The molecule has 0 radical (unpaired) electrons. The summed E-state index contributed by atoms with van der Waals surface area (Å²) >= 11 is 0. The molecule has 0 spiro atoms. The molecule has 1 amide bonds. The Labute approximate surface area is 170 Å². The zero-order chi connectivity index (χ0) is 20.3. The molecule has 0 saturated carbocycles. The average Bonchev–Trinajstić information content (AvgIpc) is 2.77. The fraction of sp³-hybridized carbons (Fsp3) is 0.227. The molecule has 1 aromatic heterocycles. The highest BCUT2D eigenvalue weighted by Gasteiger charge is 2.08. The van der Waals surface area contributed by atoms with Gasteiger partial charge in [0.2, 0.25) is 5.95 Å². The standard InChI is InChI=1S/C22H24N4O3/c1-28-13-5-12-23-22-24-14-18(15-25-22)21(27)26-19-8-10-20(11-9-19)29-16-17-6-3-2-4-7-17/h2-4,6-11,14-15H,5,12-13,16H2,1H3,(H,26,27)(H,23,24,25). The predicted octanol–water partition coefficient (Wildman–Crippen LogP) is 3.76. The van der Waals surface area contributed by atoms with Crippen molar-refractivity contribution >= 4 is 17.5 Å². The molecule has 29 heavy (non-hydrogen) atoms. The normalized spacial score (nSPS) is 10.4. The van der Waals surface area contributed by atoms with Crippen molar-refractivity contribution < 1.29 is 14.3 Å². The lowest BCUT2D eigenvalue weighted by Crippen LogP contribution is -2.14. The van der Waals surface area contributed by atoms with Gasteiger partial charge in [0, 0.05) is 38.3 Å². The van der Waals surface area contributed by atoms with Gasteiger partial charge in [0.1, 0.15) is 12.4 Å². The van der Waals surface area contributed by atoms with Crippen LogP contribution in [0.15, 0.2) is 67.0 Å². The zero-order valence-electron chi connectivity index (χ0n) is 16.3. The summed E-state index contributed by atoms with van der Waals surface area (Å²) in [4.78, 5) is 20.7. The average molecular weight is 392 g/mol. The van der Waals surface area contributed by atoms with Gasteiger partial charge >= 0.3 is 0 Å². The van der Waals surface area contributed by atoms with Gasteiger partial charge < -0.3 is 20.1 Å². The van der Waals surface area contributed by atoms with Crippen molar-refractivity contribution in [2.75, 3.05) is 30.9 Å². The number of ether oxygens (including phenoxy) is 2. The molecule has 0 aliphatic rings. The number of carbonyl (C=O) groups excluding carboxylic acids is 1. The van der Waals surface area contributed by atoms with Crippen LogP contribution in [0.2, 0.25) is 0 Å². The minimum Gasteiger partial charge on any atom is -0.489 e. The maximum absolute atomic E-state index is 12.4. The number of hydrogen-bond acceptors (Lipinski definition) is 6. The lowest BCUT2D eigenvalue weighted by atomic mass is 10.2. The largest absolute Gasteiger partial charge is 0.489 e. The fourth-order valence-corrected chi connectivity index (χ4v) is 2.53. The Morgan fingerprint density at radius 1 is 1.00 bits per heavy atom. The van der Waals surface area contributed by atoms with Crippen LogP contribution in [0.5, 0.6) is 5.75 Å². The maximum atomic E-state index is 12.4. The minimum absolute atomic E-state index is 0.270. The zero-order valence-corrected chi connectivity index (χ0v) is 16.3. The van der Waals surface area contributed by atoms with E-state index in [1.165, 1.54) is 12.4 Å². The number of nitrogens with one attached hydrogen (secondary N) is 2. The molecule has 0 aliphatic carbocycles. The summed E-state index contributed by atoms with van der Waals surface area (Å²) in [6, 6.07) is 17.2. The molecule has 0 aliphatic heterocycles. The van der Waals surface area contributed by atoms with E-state index in [9.17, 15) is 4.79 Å². The lowest BCUT2D eigenvalue weighted by molar-refractivity contribution is 0.102. The van der Waals surface area contributed by atoms with Crippen LogP contribution in [0.1, 0.15) is 22.3 Å². The number of carbonyl (C=O) groups is 1. The van der Waals surface area contributed by atoms with Crippen LogP contribution in [0.25, 0.3) is 0 Å². The van der Waals surface area contributed by atoms with E-state index in [0.717, 1.165) is 17.7 Å². The van der Waals surface area contributed by atoms with Crippen LogP contribution in [-0.4, -0.2) is 36.1 Å². The Hall–Kier alpha value is -3.45. The maximum Gasteiger partial charge on any atom is 0.258 e. The number of amides is 1. The molecular formula is C22H24N4O3. The molecule has 150 valence electrons. The van der Waals surface area contributed by atoms with Crippen molar-refractivity contribution in [3.63, 3.8) is 0 Å². The number of anilines is 2. The van der Waals surface area contributed by atoms with Gasteiger partial charge in [0.25, 0.3) is 5.91 Å². The Kier molecular flexibility index (Phi) is 7.54.